The third kappa shape index (κ3) is 5.72. The SMILES string of the molecule is CCOC(=O)CCC(=O)NCc1cc(OC)ccc1OC. The maximum Gasteiger partial charge on any atom is 0.306 e. The first-order valence-electron chi connectivity index (χ1n) is 6.74. The van der Waals surface area contributed by atoms with Crippen molar-refractivity contribution in [2.24, 2.45) is 0 Å². The van der Waals surface area contributed by atoms with Crippen LogP contribution in [-0.4, -0.2) is 32.7 Å². The van der Waals surface area contributed by atoms with Gasteiger partial charge in [0.2, 0.25) is 5.91 Å². The van der Waals surface area contributed by atoms with Crippen LogP contribution in [0, 0.1) is 0 Å². The lowest BCUT2D eigenvalue weighted by Gasteiger charge is -2.11. The highest BCUT2D eigenvalue weighted by Crippen LogP contribution is 2.23. The number of benzene rings is 1. The molecule has 0 saturated carbocycles. The summed E-state index contributed by atoms with van der Waals surface area (Å²) in [6.45, 7) is 2.36. The van der Waals surface area contributed by atoms with E-state index >= 15 is 0 Å². The maximum absolute atomic E-state index is 11.7. The third-order valence-electron chi connectivity index (χ3n) is 2.83. The lowest BCUT2D eigenvalue weighted by atomic mass is 10.2. The fraction of sp³-hybridized carbons (Fsp3) is 0.467. The molecule has 1 aromatic rings. The van der Waals surface area contributed by atoms with E-state index in [1.807, 2.05) is 0 Å². The molecule has 116 valence electrons. The molecule has 0 heterocycles. The van der Waals surface area contributed by atoms with Crippen molar-refractivity contribution >= 4 is 11.9 Å². The summed E-state index contributed by atoms with van der Waals surface area (Å²) in [4.78, 5) is 22.9. The molecule has 0 fully saturated rings. The van der Waals surface area contributed by atoms with Crippen LogP contribution in [0.1, 0.15) is 25.3 Å². The zero-order valence-electron chi connectivity index (χ0n) is 12.6. The van der Waals surface area contributed by atoms with Gasteiger partial charge < -0.3 is 19.5 Å². The molecular formula is C15H21NO5. The lowest BCUT2D eigenvalue weighted by Crippen LogP contribution is -2.23. The Kier molecular flexibility index (Phi) is 7.08. The number of esters is 1. The number of rotatable bonds is 8. The molecule has 1 aromatic carbocycles. The minimum Gasteiger partial charge on any atom is -0.497 e. The van der Waals surface area contributed by atoms with Crippen LogP contribution >= 0.6 is 0 Å². The summed E-state index contributed by atoms with van der Waals surface area (Å²) < 4.78 is 15.1. The van der Waals surface area contributed by atoms with Crippen LogP contribution in [0.3, 0.4) is 0 Å². The minimum absolute atomic E-state index is 0.0783. The monoisotopic (exact) mass is 295 g/mol. The van der Waals surface area contributed by atoms with Gasteiger partial charge in [-0.3, -0.25) is 9.59 Å². The Hall–Kier alpha value is -2.24. The van der Waals surface area contributed by atoms with E-state index in [0.29, 0.717) is 24.7 Å². The minimum atomic E-state index is -0.369. The Morgan fingerprint density at radius 1 is 1.14 bits per heavy atom. The molecule has 0 aliphatic rings. The molecule has 6 nitrogen and oxygen atoms in total. The van der Waals surface area contributed by atoms with Crippen molar-refractivity contribution < 1.29 is 23.8 Å². The number of amides is 1. The maximum atomic E-state index is 11.7. The second-order valence-electron chi connectivity index (χ2n) is 4.26. The molecule has 0 saturated heterocycles. The first-order valence-corrected chi connectivity index (χ1v) is 6.74. The Labute approximate surface area is 124 Å². The quantitative estimate of drug-likeness (QED) is 0.738. The second-order valence-corrected chi connectivity index (χ2v) is 4.26. The van der Waals surface area contributed by atoms with Crippen LogP contribution in [0.15, 0.2) is 18.2 Å². The van der Waals surface area contributed by atoms with E-state index in [-0.39, 0.29) is 24.7 Å². The van der Waals surface area contributed by atoms with Gasteiger partial charge in [0.25, 0.3) is 0 Å². The predicted molar refractivity (Wildman–Crippen MR) is 77.3 cm³/mol. The Morgan fingerprint density at radius 2 is 1.90 bits per heavy atom. The number of carbonyl (C=O) groups excluding carboxylic acids is 2. The number of methoxy groups -OCH3 is 2. The molecule has 0 unspecified atom stereocenters. The van der Waals surface area contributed by atoms with Crippen molar-refractivity contribution in [2.45, 2.75) is 26.3 Å². The van der Waals surface area contributed by atoms with Crippen molar-refractivity contribution in [3.8, 4) is 11.5 Å². The van der Waals surface area contributed by atoms with Gasteiger partial charge >= 0.3 is 5.97 Å². The first-order chi connectivity index (χ1) is 10.1. The summed E-state index contributed by atoms with van der Waals surface area (Å²) in [7, 11) is 3.14. The highest BCUT2D eigenvalue weighted by atomic mass is 16.5. The largest absolute Gasteiger partial charge is 0.497 e. The fourth-order valence-corrected chi connectivity index (χ4v) is 1.75. The van der Waals surface area contributed by atoms with Crippen LogP contribution in [0.25, 0.3) is 0 Å². The smallest absolute Gasteiger partial charge is 0.306 e. The summed E-state index contributed by atoms with van der Waals surface area (Å²) in [6, 6.07) is 5.36. The Morgan fingerprint density at radius 3 is 2.52 bits per heavy atom. The molecule has 0 atom stereocenters. The van der Waals surface area contributed by atoms with Gasteiger partial charge in [0.15, 0.2) is 0 Å². The third-order valence-corrected chi connectivity index (χ3v) is 2.83. The van der Waals surface area contributed by atoms with Gasteiger partial charge in [-0.05, 0) is 25.1 Å². The highest BCUT2D eigenvalue weighted by Gasteiger charge is 2.09. The topological polar surface area (TPSA) is 73.9 Å². The molecule has 6 heteroatoms. The summed E-state index contributed by atoms with van der Waals surface area (Å²) >= 11 is 0. The summed E-state index contributed by atoms with van der Waals surface area (Å²) in [5.74, 6) is 0.771. The van der Waals surface area contributed by atoms with Gasteiger partial charge in [-0.15, -0.1) is 0 Å². The molecule has 0 aliphatic heterocycles. The molecule has 1 rings (SSSR count). The van der Waals surface area contributed by atoms with E-state index in [1.165, 1.54) is 0 Å². The normalized spacial score (nSPS) is 9.86. The van der Waals surface area contributed by atoms with Gasteiger partial charge in [-0.2, -0.15) is 0 Å². The van der Waals surface area contributed by atoms with Gasteiger partial charge in [0, 0.05) is 18.5 Å². The molecule has 0 aliphatic carbocycles. The van der Waals surface area contributed by atoms with Crippen molar-refractivity contribution in [2.75, 3.05) is 20.8 Å². The summed E-state index contributed by atoms with van der Waals surface area (Å²) in [6.07, 6.45) is 0.181. The fourth-order valence-electron chi connectivity index (χ4n) is 1.75. The molecule has 0 aromatic heterocycles. The molecule has 21 heavy (non-hydrogen) atoms. The lowest BCUT2D eigenvalue weighted by molar-refractivity contribution is -0.144. The van der Waals surface area contributed by atoms with Crippen molar-refractivity contribution in [3.63, 3.8) is 0 Å². The Bertz CT molecular complexity index is 487. The molecule has 0 spiro atoms. The van der Waals surface area contributed by atoms with Gasteiger partial charge in [-0.1, -0.05) is 0 Å². The summed E-state index contributed by atoms with van der Waals surface area (Å²) in [5, 5.41) is 2.74. The average molecular weight is 295 g/mol. The van der Waals surface area contributed by atoms with E-state index in [4.69, 9.17) is 14.2 Å². The zero-order chi connectivity index (χ0) is 15.7. The van der Waals surface area contributed by atoms with Crippen molar-refractivity contribution in [3.05, 3.63) is 23.8 Å². The highest BCUT2D eigenvalue weighted by molar-refractivity contribution is 5.81. The summed E-state index contributed by atoms with van der Waals surface area (Å²) in [5.41, 5.74) is 0.807. The van der Waals surface area contributed by atoms with E-state index in [1.54, 1.807) is 39.3 Å². The second kappa shape index (κ2) is 8.84. The average Bonchev–Trinajstić information content (AvgIpc) is 2.50. The number of ether oxygens (including phenoxy) is 3. The number of carbonyl (C=O) groups is 2. The van der Waals surface area contributed by atoms with E-state index in [9.17, 15) is 9.59 Å². The van der Waals surface area contributed by atoms with Crippen LogP contribution < -0.4 is 14.8 Å². The number of hydrogen-bond acceptors (Lipinski definition) is 5. The van der Waals surface area contributed by atoms with Crippen molar-refractivity contribution in [1.29, 1.82) is 0 Å². The van der Waals surface area contributed by atoms with Crippen LogP contribution in [0.5, 0.6) is 11.5 Å². The van der Waals surface area contributed by atoms with Crippen LogP contribution in [-0.2, 0) is 20.9 Å². The van der Waals surface area contributed by atoms with Crippen LogP contribution in [0.4, 0.5) is 0 Å². The van der Waals surface area contributed by atoms with Crippen LogP contribution in [0.2, 0.25) is 0 Å². The standard InChI is InChI=1S/C15H21NO5/c1-4-21-15(18)8-7-14(17)16-10-11-9-12(19-2)5-6-13(11)20-3/h5-6,9H,4,7-8,10H2,1-3H3,(H,16,17). The van der Waals surface area contributed by atoms with Gasteiger partial charge in [0.05, 0.1) is 27.2 Å². The molecule has 0 bridgehead atoms. The van der Waals surface area contributed by atoms with E-state index in [2.05, 4.69) is 5.32 Å². The van der Waals surface area contributed by atoms with E-state index < -0.39 is 0 Å². The molecule has 1 amide bonds. The molecule has 0 radical (unpaired) electrons. The first kappa shape index (κ1) is 16.8. The zero-order valence-corrected chi connectivity index (χ0v) is 12.6. The molecule has 1 N–H and O–H groups in total. The van der Waals surface area contributed by atoms with Gasteiger partial charge in [0.1, 0.15) is 11.5 Å². The predicted octanol–water partition coefficient (Wildman–Crippen LogP) is 1.66. The number of nitrogens with one attached hydrogen (secondary N) is 1. The molecular weight excluding hydrogens is 274 g/mol. The van der Waals surface area contributed by atoms with E-state index in [0.717, 1.165) is 5.56 Å². The van der Waals surface area contributed by atoms with Gasteiger partial charge in [-0.25, -0.2) is 0 Å². The Balaban J connectivity index is 2.50. The number of hydrogen-bond donors (Lipinski definition) is 1. The van der Waals surface area contributed by atoms with Crippen molar-refractivity contribution in [1.82, 2.24) is 5.32 Å².